The second-order valence-electron chi connectivity index (χ2n) is 5.17. The molecule has 0 spiro atoms. The number of rotatable bonds is 6. The molecule has 6 nitrogen and oxygen atoms in total. The van der Waals surface area contributed by atoms with Gasteiger partial charge in [0.1, 0.15) is 5.69 Å². The van der Waals surface area contributed by atoms with Crippen LogP contribution in [0.3, 0.4) is 0 Å². The molecule has 0 aromatic carbocycles. The average Bonchev–Trinajstić information content (AvgIpc) is 2.72. The van der Waals surface area contributed by atoms with Gasteiger partial charge in [0, 0.05) is 13.1 Å². The Morgan fingerprint density at radius 3 is 2.67 bits per heavy atom. The molecule has 1 atom stereocenters. The lowest BCUT2D eigenvalue weighted by atomic mass is 9.87. The van der Waals surface area contributed by atoms with E-state index in [1.54, 1.807) is 0 Å². The third-order valence-electron chi connectivity index (χ3n) is 3.00. The second-order valence-corrected chi connectivity index (χ2v) is 5.17. The molecular weight excluding hydrogens is 234 g/mol. The third-order valence-corrected chi connectivity index (χ3v) is 3.00. The van der Waals surface area contributed by atoms with Crippen LogP contribution in [0.25, 0.3) is 0 Å². The van der Waals surface area contributed by atoms with Gasteiger partial charge in [-0.15, -0.1) is 0 Å². The van der Waals surface area contributed by atoms with Crippen molar-refractivity contribution >= 4 is 5.91 Å². The molecule has 0 saturated carbocycles. The lowest BCUT2D eigenvalue weighted by Gasteiger charge is -2.31. The predicted molar refractivity (Wildman–Crippen MR) is 68.6 cm³/mol. The first-order valence-electron chi connectivity index (χ1n) is 5.98. The molecule has 0 aliphatic heterocycles. The van der Waals surface area contributed by atoms with Crippen LogP contribution in [-0.4, -0.2) is 43.1 Å². The number of aromatic amines is 1. The Morgan fingerprint density at radius 1 is 1.56 bits per heavy atom. The van der Waals surface area contributed by atoms with Gasteiger partial charge < -0.3 is 14.7 Å². The minimum Gasteiger partial charge on any atom is -0.350 e. The number of carbonyl (C=O) groups is 1. The molecule has 1 amide bonds. The van der Waals surface area contributed by atoms with Gasteiger partial charge in [0.15, 0.2) is 0 Å². The highest BCUT2D eigenvalue weighted by atomic mass is 16.5. The summed E-state index contributed by atoms with van der Waals surface area (Å²) in [6, 6.07) is 1.14. The Hall–Kier alpha value is -1.56. The van der Waals surface area contributed by atoms with Crippen LogP contribution in [0.1, 0.15) is 30.8 Å². The maximum absolute atomic E-state index is 11.8. The summed E-state index contributed by atoms with van der Waals surface area (Å²) in [6.45, 7) is 5.64. The molecule has 1 rings (SSSR count). The first kappa shape index (κ1) is 14.5. The van der Waals surface area contributed by atoms with Crippen LogP contribution >= 0.6 is 0 Å². The fourth-order valence-electron chi connectivity index (χ4n) is 1.84. The van der Waals surface area contributed by atoms with Crippen LogP contribution in [0.15, 0.2) is 15.4 Å². The summed E-state index contributed by atoms with van der Waals surface area (Å²) in [7, 11) is 4.01. The molecule has 1 unspecified atom stereocenters. The zero-order valence-electron chi connectivity index (χ0n) is 11.4. The van der Waals surface area contributed by atoms with Crippen molar-refractivity contribution in [2.75, 3.05) is 27.2 Å². The third kappa shape index (κ3) is 4.03. The van der Waals surface area contributed by atoms with Gasteiger partial charge in [0.2, 0.25) is 0 Å². The molecule has 1 aromatic heterocycles. The maximum atomic E-state index is 11.8. The summed E-state index contributed by atoms with van der Waals surface area (Å²) in [4.78, 5) is 24.7. The van der Waals surface area contributed by atoms with Crippen LogP contribution in [-0.2, 0) is 0 Å². The fraction of sp³-hybridized carbons (Fsp3) is 0.667. The molecule has 18 heavy (non-hydrogen) atoms. The summed E-state index contributed by atoms with van der Waals surface area (Å²) in [5.41, 5.74) is -0.390. The molecule has 0 aliphatic rings. The summed E-state index contributed by atoms with van der Waals surface area (Å²) >= 11 is 0. The molecule has 6 heteroatoms. The number of nitrogens with zero attached hydrogens (tertiary/aromatic N) is 1. The van der Waals surface area contributed by atoms with Crippen molar-refractivity contribution in [1.29, 1.82) is 0 Å². The zero-order valence-corrected chi connectivity index (χ0v) is 11.4. The molecule has 0 bridgehead atoms. The Labute approximate surface area is 106 Å². The first-order valence-corrected chi connectivity index (χ1v) is 5.98. The first-order chi connectivity index (χ1) is 8.36. The second kappa shape index (κ2) is 5.86. The monoisotopic (exact) mass is 255 g/mol. The largest absolute Gasteiger partial charge is 0.358 e. The molecule has 0 fully saturated rings. The van der Waals surface area contributed by atoms with E-state index in [1.807, 2.05) is 14.1 Å². The van der Waals surface area contributed by atoms with Crippen molar-refractivity contribution in [1.82, 2.24) is 15.4 Å². The number of hydrogen-bond donors (Lipinski definition) is 2. The SMILES string of the molecule is CCC(C)(CNC(=O)c1cc(=O)o[nH]1)CN(C)C. The van der Waals surface area contributed by atoms with E-state index < -0.39 is 5.63 Å². The Balaban J connectivity index is 2.58. The Bertz CT molecular complexity index is 449. The number of aromatic nitrogens is 1. The van der Waals surface area contributed by atoms with Gasteiger partial charge in [-0.2, -0.15) is 0 Å². The highest BCUT2D eigenvalue weighted by Crippen LogP contribution is 2.20. The highest BCUT2D eigenvalue weighted by Gasteiger charge is 2.24. The number of amides is 1. The van der Waals surface area contributed by atoms with E-state index in [1.165, 1.54) is 0 Å². The molecule has 102 valence electrons. The van der Waals surface area contributed by atoms with Gasteiger partial charge in [0.05, 0.1) is 6.07 Å². The molecule has 0 saturated heterocycles. The minimum atomic E-state index is -0.549. The number of hydrogen-bond acceptors (Lipinski definition) is 4. The van der Waals surface area contributed by atoms with Gasteiger partial charge in [-0.05, 0) is 25.9 Å². The van der Waals surface area contributed by atoms with E-state index in [2.05, 4.69) is 33.7 Å². The lowest BCUT2D eigenvalue weighted by molar-refractivity contribution is 0.0912. The van der Waals surface area contributed by atoms with Crippen LogP contribution < -0.4 is 10.9 Å². The van der Waals surface area contributed by atoms with E-state index in [0.29, 0.717) is 6.54 Å². The average molecular weight is 255 g/mol. The molecule has 2 N–H and O–H groups in total. The lowest BCUT2D eigenvalue weighted by Crippen LogP contribution is -2.41. The van der Waals surface area contributed by atoms with Gasteiger partial charge in [-0.1, -0.05) is 13.8 Å². The van der Waals surface area contributed by atoms with Crippen molar-refractivity contribution in [2.24, 2.45) is 5.41 Å². The van der Waals surface area contributed by atoms with Gasteiger partial charge in [-0.25, -0.2) is 9.95 Å². The standard InChI is InChI=1S/C12H21N3O3/c1-5-12(2,8-15(3)4)7-13-11(17)9-6-10(16)18-14-9/h6,14H,5,7-8H2,1-4H3,(H,13,17). The van der Waals surface area contributed by atoms with Crippen molar-refractivity contribution in [3.63, 3.8) is 0 Å². The summed E-state index contributed by atoms with van der Waals surface area (Å²) in [5.74, 6) is -0.320. The van der Waals surface area contributed by atoms with E-state index in [9.17, 15) is 9.59 Å². The Morgan fingerprint density at radius 2 is 2.22 bits per heavy atom. The molecule has 0 aliphatic carbocycles. The van der Waals surface area contributed by atoms with Crippen LogP contribution in [0, 0.1) is 5.41 Å². The summed E-state index contributed by atoms with van der Waals surface area (Å²) in [6.07, 6.45) is 0.952. The number of H-pyrrole nitrogens is 1. The summed E-state index contributed by atoms with van der Waals surface area (Å²) < 4.78 is 4.46. The van der Waals surface area contributed by atoms with Gasteiger partial charge in [-0.3, -0.25) is 4.79 Å². The van der Waals surface area contributed by atoms with Crippen LogP contribution in [0.2, 0.25) is 0 Å². The zero-order chi connectivity index (χ0) is 13.8. The molecule has 1 heterocycles. The summed E-state index contributed by atoms with van der Waals surface area (Å²) in [5, 5.41) is 5.10. The normalized spacial score (nSPS) is 14.5. The van der Waals surface area contributed by atoms with Crippen LogP contribution in [0.5, 0.6) is 0 Å². The smallest absolute Gasteiger partial charge is 0.350 e. The quantitative estimate of drug-likeness (QED) is 0.783. The topological polar surface area (TPSA) is 78.3 Å². The van der Waals surface area contributed by atoms with E-state index in [-0.39, 0.29) is 17.0 Å². The van der Waals surface area contributed by atoms with Crippen molar-refractivity contribution in [2.45, 2.75) is 20.3 Å². The predicted octanol–water partition coefficient (Wildman–Crippen LogP) is 0.676. The number of nitrogens with one attached hydrogen (secondary N) is 2. The molecule has 0 radical (unpaired) electrons. The minimum absolute atomic E-state index is 0.00317. The molecular formula is C12H21N3O3. The van der Waals surface area contributed by atoms with E-state index >= 15 is 0 Å². The van der Waals surface area contributed by atoms with Gasteiger partial charge in [0.25, 0.3) is 5.91 Å². The van der Waals surface area contributed by atoms with Gasteiger partial charge >= 0.3 is 5.63 Å². The number of carbonyl (C=O) groups excluding carboxylic acids is 1. The van der Waals surface area contributed by atoms with Crippen molar-refractivity contribution in [3.8, 4) is 0 Å². The van der Waals surface area contributed by atoms with E-state index in [4.69, 9.17) is 0 Å². The highest BCUT2D eigenvalue weighted by molar-refractivity contribution is 5.91. The fourth-order valence-corrected chi connectivity index (χ4v) is 1.84. The van der Waals surface area contributed by atoms with Crippen molar-refractivity contribution < 1.29 is 9.32 Å². The van der Waals surface area contributed by atoms with Crippen molar-refractivity contribution in [3.05, 3.63) is 22.2 Å². The van der Waals surface area contributed by atoms with Crippen LogP contribution in [0.4, 0.5) is 0 Å². The maximum Gasteiger partial charge on any atom is 0.358 e. The Kier molecular flexibility index (Phi) is 4.72. The molecule has 1 aromatic rings. The van der Waals surface area contributed by atoms with E-state index in [0.717, 1.165) is 19.0 Å².